The lowest BCUT2D eigenvalue weighted by atomic mass is 9.79. The van der Waals surface area contributed by atoms with Crippen molar-refractivity contribution in [2.24, 2.45) is 5.92 Å². The van der Waals surface area contributed by atoms with Crippen LogP contribution in [-0.2, 0) is 19.1 Å². The summed E-state index contributed by atoms with van der Waals surface area (Å²) in [4.78, 5) is 37.1. The Balaban J connectivity index is 1.88. The van der Waals surface area contributed by atoms with Gasteiger partial charge in [0.25, 0.3) is 5.69 Å². The number of carbonyl (C=O) groups is 2. The number of carbonyl (C=O) groups excluding carboxylic acids is 2. The number of rotatable bonds is 7. The van der Waals surface area contributed by atoms with Gasteiger partial charge in [0.05, 0.1) is 35.7 Å². The van der Waals surface area contributed by atoms with Gasteiger partial charge < -0.3 is 14.8 Å². The highest BCUT2D eigenvalue weighted by atomic mass is 16.6. The van der Waals surface area contributed by atoms with Crippen LogP contribution in [0.5, 0.6) is 0 Å². The van der Waals surface area contributed by atoms with Gasteiger partial charge in [0.15, 0.2) is 0 Å². The molecule has 0 bridgehead atoms. The first-order valence-corrected chi connectivity index (χ1v) is 11.1. The Labute approximate surface area is 197 Å². The number of hydrogen-bond donors (Lipinski definition) is 1. The van der Waals surface area contributed by atoms with E-state index in [-0.39, 0.29) is 35.3 Å². The van der Waals surface area contributed by atoms with Crippen LogP contribution < -0.4 is 5.32 Å². The van der Waals surface area contributed by atoms with Gasteiger partial charge in [-0.3, -0.25) is 10.1 Å². The topological polar surface area (TPSA) is 108 Å². The van der Waals surface area contributed by atoms with Crippen molar-refractivity contribution in [2.75, 3.05) is 13.7 Å². The van der Waals surface area contributed by atoms with Crippen LogP contribution in [0.4, 0.5) is 5.69 Å². The third-order valence-electron chi connectivity index (χ3n) is 6.30. The van der Waals surface area contributed by atoms with Crippen molar-refractivity contribution >= 4 is 17.6 Å². The predicted molar refractivity (Wildman–Crippen MR) is 125 cm³/mol. The van der Waals surface area contributed by atoms with Crippen molar-refractivity contribution in [1.29, 1.82) is 0 Å². The van der Waals surface area contributed by atoms with Crippen LogP contribution in [0.3, 0.4) is 0 Å². The zero-order chi connectivity index (χ0) is 24.4. The molecule has 0 amide bonds. The highest BCUT2D eigenvalue weighted by molar-refractivity contribution is 6.00. The number of non-ortho nitro benzene ring substituents is 1. The molecule has 1 N–H and O–H groups in total. The van der Waals surface area contributed by atoms with Crippen molar-refractivity contribution in [1.82, 2.24) is 5.32 Å². The van der Waals surface area contributed by atoms with Gasteiger partial charge >= 0.3 is 11.9 Å². The lowest BCUT2D eigenvalue weighted by molar-refractivity contribution is -0.384. The summed E-state index contributed by atoms with van der Waals surface area (Å²) in [7, 11) is 1.27. The van der Waals surface area contributed by atoms with E-state index in [1.165, 1.54) is 19.2 Å². The molecular formula is C26H26N2O6. The highest BCUT2D eigenvalue weighted by Crippen LogP contribution is 2.54. The van der Waals surface area contributed by atoms with Gasteiger partial charge in [-0.2, -0.15) is 0 Å². The third kappa shape index (κ3) is 4.31. The zero-order valence-corrected chi connectivity index (χ0v) is 19.2. The van der Waals surface area contributed by atoms with E-state index in [0.29, 0.717) is 17.0 Å². The fourth-order valence-electron chi connectivity index (χ4n) is 4.70. The molecule has 1 heterocycles. The predicted octanol–water partition coefficient (Wildman–Crippen LogP) is 4.35. The van der Waals surface area contributed by atoms with E-state index >= 15 is 0 Å². The van der Waals surface area contributed by atoms with Crippen molar-refractivity contribution in [3.8, 4) is 0 Å². The average molecular weight is 463 g/mol. The van der Waals surface area contributed by atoms with E-state index in [1.807, 2.05) is 18.2 Å². The zero-order valence-electron chi connectivity index (χ0n) is 19.2. The largest absolute Gasteiger partial charge is 0.466 e. The molecule has 34 heavy (non-hydrogen) atoms. The number of nitrogens with one attached hydrogen (secondary N) is 1. The standard InChI is InChI=1S/C26H26N2O6/c1-4-34-26(30)23-22(17-11-8-12-18(13-17)28(31)32)21(25(29)33-3)15(2)27-24(23)20-14-19(20)16-9-6-5-7-10-16/h5-13,19-20,22,27H,4,14H2,1-3H3/t19-,20+,22?/m0/s1. The molecule has 3 atom stereocenters. The number of benzene rings is 2. The summed E-state index contributed by atoms with van der Waals surface area (Å²) in [6.45, 7) is 3.61. The molecule has 176 valence electrons. The van der Waals surface area contributed by atoms with Gasteiger partial charge in [0.1, 0.15) is 0 Å². The summed E-state index contributed by atoms with van der Waals surface area (Å²) >= 11 is 0. The van der Waals surface area contributed by atoms with Crippen molar-refractivity contribution in [3.05, 3.63) is 98.4 Å². The number of nitro benzene ring substituents is 1. The maximum Gasteiger partial charge on any atom is 0.336 e. The third-order valence-corrected chi connectivity index (χ3v) is 6.30. The smallest absolute Gasteiger partial charge is 0.336 e. The first kappa shape index (κ1) is 23.2. The quantitative estimate of drug-likeness (QED) is 0.370. The fourth-order valence-corrected chi connectivity index (χ4v) is 4.70. The van der Waals surface area contributed by atoms with Gasteiger partial charge in [0, 0.05) is 29.4 Å². The van der Waals surface area contributed by atoms with E-state index in [9.17, 15) is 19.7 Å². The molecule has 0 spiro atoms. The second-order valence-electron chi connectivity index (χ2n) is 8.35. The normalized spacial score (nSPS) is 21.6. The minimum absolute atomic E-state index is 0.0251. The molecule has 0 radical (unpaired) electrons. The van der Waals surface area contributed by atoms with Crippen LogP contribution in [0.25, 0.3) is 0 Å². The molecule has 1 saturated carbocycles. The highest BCUT2D eigenvalue weighted by Gasteiger charge is 2.48. The summed E-state index contributed by atoms with van der Waals surface area (Å²) in [6, 6.07) is 16.0. The van der Waals surface area contributed by atoms with E-state index < -0.39 is 22.8 Å². The molecule has 8 nitrogen and oxygen atoms in total. The van der Waals surface area contributed by atoms with Gasteiger partial charge in [-0.25, -0.2) is 9.59 Å². The second kappa shape index (κ2) is 9.51. The molecule has 8 heteroatoms. The first-order valence-electron chi connectivity index (χ1n) is 11.1. The molecular weight excluding hydrogens is 436 g/mol. The molecule has 0 saturated heterocycles. The number of methoxy groups -OCH3 is 1. The SMILES string of the molecule is CCOC(=O)C1=C([C@@H]2C[C@H]2c2ccccc2)NC(C)=C(C(=O)OC)C1c1cccc([N+](=O)[O-])c1. The van der Waals surface area contributed by atoms with Crippen LogP contribution in [0, 0.1) is 16.0 Å². The van der Waals surface area contributed by atoms with Gasteiger partial charge in [-0.1, -0.05) is 42.5 Å². The number of allylic oxidation sites excluding steroid dienone is 2. The Bertz CT molecular complexity index is 1200. The van der Waals surface area contributed by atoms with Gasteiger partial charge in [0.2, 0.25) is 0 Å². The minimum Gasteiger partial charge on any atom is -0.466 e. The molecule has 1 aliphatic heterocycles. The Hall–Kier alpha value is -3.94. The summed E-state index contributed by atoms with van der Waals surface area (Å²) in [5.74, 6) is -1.80. The molecule has 1 unspecified atom stereocenters. The van der Waals surface area contributed by atoms with E-state index in [0.717, 1.165) is 12.0 Å². The number of hydrogen-bond acceptors (Lipinski definition) is 7. The van der Waals surface area contributed by atoms with Gasteiger partial charge in [-0.05, 0) is 37.3 Å². The van der Waals surface area contributed by atoms with E-state index in [1.54, 1.807) is 26.0 Å². The average Bonchev–Trinajstić information content (AvgIpc) is 3.64. The lowest BCUT2D eigenvalue weighted by Crippen LogP contribution is -2.34. The van der Waals surface area contributed by atoms with Crippen LogP contribution in [0.15, 0.2) is 77.1 Å². The van der Waals surface area contributed by atoms with Crippen molar-refractivity contribution in [3.63, 3.8) is 0 Å². The van der Waals surface area contributed by atoms with Crippen molar-refractivity contribution < 1.29 is 24.0 Å². The Morgan fingerprint density at radius 3 is 2.38 bits per heavy atom. The molecule has 4 rings (SSSR count). The maximum absolute atomic E-state index is 13.3. The number of ether oxygens (including phenoxy) is 2. The second-order valence-corrected chi connectivity index (χ2v) is 8.35. The van der Waals surface area contributed by atoms with Crippen LogP contribution in [0.1, 0.15) is 43.2 Å². The van der Waals surface area contributed by atoms with E-state index in [4.69, 9.17) is 9.47 Å². The van der Waals surface area contributed by atoms with Crippen LogP contribution in [-0.4, -0.2) is 30.6 Å². The molecule has 2 aromatic carbocycles. The summed E-state index contributed by atoms with van der Waals surface area (Å²) in [6.07, 6.45) is 0.831. The molecule has 0 aromatic heterocycles. The number of nitrogens with zero attached hydrogens (tertiary/aromatic N) is 1. The minimum atomic E-state index is -0.861. The summed E-state index contributed by atoms with van der Waals surface area (Å²) < 4.78 is 10.4. The first-order chi connectivity index (χ1) is 16.4. The molecule has 1 aliphatic carbocycles. The molecule has 2 aromatic rings. The summed E-state index contributed by atoms with van der Waals surface area (Å²) in [5.41, 5.74) is 3.24. The lowest BCUT2D eigenvalue weighted by Gasteiger charge is -2.31. The van der Waals surface area contributed by atoms with Crippen molar-refractivity contribution in [2.45, 2.75) is 32.1 Å². The molecule has 2 aliphatic rings. The fraction of sp³-hybridized carbons (Fsp3) is 0.308. The number of esters is 2. The monoisotopic (exact) mass is 462 g/mol. The van der Waals surface area contributed by atoms with Crippen LogP contribution in [0.2, 0.25) is 0 Å². The number of nitro groups is 1. The Kier molecular flexibility index (Phi) is 6.49. The maximum atomic E-state index is 13.3. The molecule has 1 fully saturated rings. The van der Waals surface area contributed by atoms with E-state index in [2.05, 4.69) is 17.4 Å². The Morgan fingerprint density at radius 2 is 1.74 bits per heavy atom. The Morgan fingerprint density at radius 1 is 1.03 bits per heavy atom. The van der Waals surface area contributed by atoms with Gasteiger partial charge in [-0.15, -0.1) is 0 Å². The number of dihydropyridines is 1. The van der Waals surface area contributed by atoms with Crippen LogP contribution >= 0.6 is 0 Å². The summed E-state index contributed by atoms with van der Waals surface area (Å²) in [5, 5.41) is 14.8.